The molecule has 20 heavy (non-hydrogen) atoms. The number of hydrogen-bond acceptors (Lipinski definition) is 4. The third-order valence-electron chi connectivity index (χ3n) is 3.15. The lowest BCUT2D eigenvalue weighted by Gasteiger charge is -2.24. The van der Waals surface area contributed by atoms with Gasteiger partial charge in [0.25, 0.3) is 5.91 Å². The fourth-order valence-electron chi connectivity index (χ4n) is 2.19. The molecule has 0 bridgehead atoms. The first-order chi connectivity index (χ1) is 9.54. The second-order valence-electron chi connectivity index (χ2n) is 4.65. The Morgan fingerprint density at radius 2 is 1.95 bits per heavy atom. The van der Waals surface area contributed by atoms with Gasteiger partial charge in [-0.2, -0.15) is 0 Å². The number of rotatable bonds is 1. The van der Waals surface area contributed by atoms with Crippen molar-refractivity contribution in [1.82, 2.24) is 19.6 Å². The second kappa shape index (κ2) is 4.44. The molecule has 1 saturated heterocycles. The number of imidazole rings is 1. The van der Waals surface area contributed by atoms with Crippen molar-refractivity contribution in [2.75, 3.05) is 13.1 Å². The molecule has 3 heterocycles. The van der Waals surface area contributed by atoms with Crippen LogP contribution in [0.25, 0.3) is 5.65 Å². The van der Waals surface area contributed by atoms with Crippen molar-refractivity contribution >= 4 is 23.4 Å². The molecule has 102 valence electrons. The summed E-state index contributed by atoms with van der Waals surface area (Å²) in [5, 5.41) is 2.15. The molecule has 0 radical (unpaired) electrons. The summed E-state index contributed by atoms with van der Waals surface area (Å²) in [5.74, 6) is -1.37. The number of aryl methyl sites for hydroxylation is 1. The molecule has 0 unspecified atom stereocenters. The molecule has 1 aliphatic heterocycles. The van der Waals surface area contributed by atoms with Crippen molar-refractivity contribution in [2.24, 2.45) is 0 Å². The van der Waals surface area contributed by atoms with Crippen molar-refractivity contribution in [3.8, 4) is 0 Å². The number of aromatic nitrogens is 2. The summed E-state index contributed by atoms with van der Waals surface area (Å²) in [6, 6.07) is 5.54. The Kier molecular flexibility index (Phi) is 2.74. The van der Waals surface area contributed by atoms with Crippen molar-refractivity contribution in [1.29, 1.82) is 0 Å². The van der Waals surface area contributed by atoms with Crippen LogP contribution in [-0.2, 0) is 9.59 Å². The van der Waals surface area contributed by atoms with Crippen LogP contribution in [0, 0.1) is 6.92 Å². The van der Waals surface area contributed by atoms with E-state index in [1.807, 2.05) is 19.1 Å². The Bertz CT molecular complexity index is 718. The zero-order chi connectivity index (χ0) is 14.3. The summed E-state index contributed by atoms with van der Waals surface area (Å²) in [5.41, 5.74) is 1.82. The Morgan fingerprint density at radius 3 is 2.60 bits per heavy atom. The summed E-state index contributed by atoms with van der Waals surface area (Å²) < 4.78 is 1.79. The van der Waals surface area contributed by atoms with E-state index in [1.54, 1.807) is 16.7 Å². The van der Waals surface area contributed by atoms with E-state index in [2.05, 4.69) is 10.3 Å². The van der Waals surface area contributed by atoms with Gasteiger partial charge >= 0.3 is 0 Å². The first-order valence-corrected chi connectivity index (χ1v) is 6.11. The number of nitrogens with one attached hydrogen (secondary N) is 1. The topological polar surface area (TPSA) is 83.8 Å². The van der Waals surface area contributed by atoms with E-state index in [4.69, 9.17) is 0 Å². The average Bonchev–Trinajstić information content (AvgIpc) is 2.82. The maximum absolute atomic E-state index is 12.3. The Hall–Kier alpha value is -2.70. The molecule has 0 aliphatic carbocycles. The lowest BCUT2D eigenvalue weighted by molar-refractivity contribution is -0.135. The number of imide groups is 1. The molecule has 1 N–H and O–H groups in total. The summed E-state index contributed by atoms with van der Waals surface area (Å²) in [6.07, 6.45) is 1.62. The maximum Gasteiger partial charge on any atom is 0.275 e. The van der Waals surface area contributed by atoms with Gasteiger partial charge in [0.2, 0.25) is 11.8 Å². The highest BCUT2D eigenvalue weighted by Gasteiger charge is 2.28. The van der Waals surface area contributed by atoms with Gasteiger partial charge in [-0.15, -0.1) is 0 Å². The zero-order valence-corrected chi connectivity index (χ0v) is 10.8. The normalized spacial score (nSPS) is 15.6. The van der Waals surface area contributed by atoms with Crippen LogP contribution in [0.1, 0.15) is 16.2 Å². The molecular formula is C13H12N4O3. The molecule has 7 heteroatoms. The monoisotopic (exact) mass is 272 g/mol. The summed E-state index contributed by atoms with van der Waals surface area (Å²) in [7, 11) is 0. The van der Waals surface area contributed by atoms with Crippen LogP contribution in [0.4, 0.5) is 0 Å². The highest BCUT2D eigenvalue weighted by atomic mass is 16.2. The highest BCUT2D eigenvalue weighted by molar-refractivity contribution is 6.05. The van der Waals surface area contributed by atoms with Gasteiger partial charge in [-0.25, -0.2) is 4.98 Å². The highest BCUT2D eigenvalue weighted by Crippen LogP contribution is 2.11. The van der Waals surface area contributed by atoms with Gasteiger partial charge in [0.1, 0.15) is 24.4 Å². The number of fused-ring (bicyclic) bond motifs is 1. The number of pyridine rings is 1. The van der Waals surface area contributed by atoms with Gasteiger partial charge in [-0.1, -0.05) is 6.07 Å². The first kappa shape index (κ1) is 12.3. The molecule has 2 aromatic heterocycles. The first-order valence-electron chi connectivity index (χ1n) is 6.11. The molecule has 3 amide bonds. The average molecular weight is 272 g/mol. The molecule has 1 aliphatic rings. The largest absolute Gasteiger partial charge is 0.319 e. The van der Waals surface area contributed by atoms with E-state index in [9.17, 15) is 14.4 Å². The number of piperazine rings is 1. The molecule has 0 atom stereocenters. The smallest absolute Gasteiger partial charge is 0.275 e. The van der Waals surface area contributed by atoms with Gasteiger partial charge in [0, 0.05) is 11.9 Å². The number of carbonyl (C=O) groups excluding carboxylic acids is 3. The van der Waals surface area contributed by atoms with Crippen LogP contribution in [0.5, 0.6) is 0 Å². The minimum absolute atomic E-state index is 0.128. The number of nitrogens with zero attached hydrogens (tertiary/aromatic N) is 3. The number of amides is 3. The Balaban J connectivity index is 1.94. The van der Waals surface area contributed by atoms with Gasteiger partial charge in [-0.3, -0.25) is 19.7 Å². The maximum atomic E-state index is 12.3. The fraction of sp³-hybridized carbons (Fsp3) is 0.231. The van der Waals surface area contributed by atoms with E-state index < -0.39 is 17.7 Å². The quantitative estimate of drug-likeness (QED) is 0.725. The third-order valence-corrected chi connectivity index (χ3v) is 3.15. The lowest BCUT2D eigenvalue weighted by Crippen LogP contribution is -2.53. The van der Waals surface area contributed by atoms with Crippen molar-refractivity contribution < 1.29 is 14.4 Å². The van der Waals surface area contributed by atoms with Gasteiger partial charge in [-0.05, 0) is 19.1 Å². The van der Waals surface area contributed by atoms with E-state index in [1.165, 1.54) is 4.90 Å². The molecule has 0 saturated carbocycles. The Labute approximate surface area is 114 Å². The van der Waals surface area contributed by atoms with Crippen molar-refractivity contribution in [3.05, 3.63) is 35.8 Å². The summed E-state index contributed by atoms with van der Waals surface area (Å²) >= 11 is 0. The molecule has 0 spiro atoms. The van der Waals surface area contributed by atoms with Crippen LogP contribution >= 0.6 is 0 Å². The predicted molar refractivity (Wildman–Crippen MR) is 69.0 cm³/mol. The molecule has 3 rings (SSSR count). The van der Waals surface area contributed by atoms with Gasteiger partial charge in [0.15, 0.2) is 0 Å². The molecular weight excluding hydrogens is 260 g/mol. The summed E-state index contributed by atoms with van der Waals surface area (Å²) in [4.78, 5) is 40.3. The van der Waals surface area contributed by atoms with Crippen LogP contribution in [0.15, 0.2) is 24.4 Å². The minimum Gasteiger partial charge on any atom is -0.319 e. The third kappa shape index (κ3) is 2.03. The van der Waals surface area contributed by atoms with E-state index >= 15 is 0 Å². The van der Waals surface area contributed by atoms with Crippen molar-refractivity contribution in [2.45, 2.75) is 6.92 Å². The van der Waals surface area contributed by atoms with Crippen molar-refractivity contribution in [3.63, 3.8) is 0 Å². The van der Waals surface area contributed by atoms with E-state index in [0.29, 0.717) is 5.65 Å². The predicted octanol–water partition coefficient (Wildman–Crippen LogP) is -0.259. The summed E-state index contributed by atoms with van der Waals surface area (Å²) in [6.45, 7) is 1.65. The van der Waals surface area contributed by atoms with Gasteiger partial charge in [0.05, 0.1) is 0 Å². The molecule has 2 aromatic rings. The second-order valence-corrected chi connectivity index (χ2v) is 4.65. The number of hydrogen-bond donors (Lipinski definition) is 1. The number of carbonyl (C=O) groups is 3. The van der Waals surface area contributed by atoms with E-state index in [0.717, 1.165) is 5.69 Å². The zero-order valence-electron chi connectivity index (χ0n) is 10.8. The lowest BCUT2D eigenvalue weighted by atomic mass is 10.3. The van der Waals surface area contributed by atoms with Crippen LogP contribution in [0.3, 0.4) is 0 Å². The SMILES string of the molecule is Cc1cccc2nc(C(=O)N3CC(=O)NC(=O)C3)cn12. The Morgan fingerprint density at radius 1 is 1.25 bits per heavy atom. The van der Waals surface area contributed by atoms with Crippen LogP contribution in [0.2, 0.25) is 0 Å². The van der Waals surface area contributed by atoms with Crippen LogP contribution < -0.4 is 5.32 Å². The minimum atomic E-state index is -0.477. The molecule has 0 aromatic carbocycles. The van der Waals surface area contributed by atoms with Gasteiger partial charge < -0.3 is 9.30 Å². The molecule has 7 nitrogen and oxygen atoms in total. The fourth-order valence-corrected chi connectivity index (χ4v) is 2.19. The molecule has 1 fully saturated rings. The standard InChI is InChI=1S/C13H12N4O3/c1-8-3-2-4-10-14-9(5-17(8)10)13(20)16-6-11(18)15-12(19)7-16/h2-5H,6-7H2,1H3,(H,15,18,19). The van der Waals surface area contributed by atoms with E-state index in [-0.39, 0.29) is 18.8 Å². The van der Waals surface area contributed by atoms with Crippen LogP contribution in [-0.4, -0.2) is 45.1 Å².